The van der Waals surface area contributed by atoms with E-state index in [1.54, 1.807) is 6.08 Å². The highest BCUT2D eigenvalue weighted by molar-refractivity contribution is 5.76. The van der Waals surface area contributed by atoms with Crippen LogP contribution in [0.4, 0.5) is 0 Å². The van der Waals surface area contributed by atoms with Gasteiger partial charge in [0.05, 0.1) is 25.4 Å². The van der Waals surface area contributed by atoms with Crippen molar-refractivity contribution in [2.24, 2.45) is 0 Å². The molecule has 0 spiro atoms. The average molecular weight is 1000 g/mol. The number of aliphatic hydroxyl groups excluding tert-OH is 2. The first-order chi connectivity index (χ1) is 35.0. The van der Waals surface area contributed by atoms with E-state index < -0.39 is 12.1 Å². The molecule has 0 saturated heterocycles. The second-order valence-electron chi connectivity index (χ2n) is 22.5. The number of allylic oxidation sites excluding steroid dienone is 1. The fraction of sp³-hybridized carbons (Fsp3) is 0.938. The van der Waals surface area contributed by atoms with Crippen molar-refractivity contribution in [1.29, 1.82) is 0 Å². The zero-order valence-electron chi connectivity index (χ0n) is 48.2. The number of rotatable bonds is 61. The molecule has 1 amide bonds. The van der Waals surface area contributed by atoms with E-state index in [2.05, 4.69) is 19.2 Å². The van der Waals surface area contributed by atoms with E-state index in [-0.39, 0.29) is 18.5 Å². The van der Waals surface area contributed by atoms with Crippen molar-refractivity contribution in [2.45, 2.75) is 379 Å². The van der Waals surface area contributed by atoms with E-state index in [4.69, 9.17) is 4.74 Å². The van der Waals surface area contributed by atoms with Crippen LogP contribution in [0.15, 0.2) is 12.2 Å². The number of nitrogens with one attached hydrogen (secondary N) is 1. The second-order valence-corrected chi connectivity index (χ2v) is 22.5. The summed E-state index contributed by atoms with van der Waals surface area (Å²) in [6, 6.07) is -0.624. The van der Waals surface area contributed by atoms with Gasteiger partial charge in [-0.2, -0.15) is 0 Å². The smallest absolute Gasteiger partial charge is 0.305 e. The SMILES string of the molecule is CCCCCCCCCCCCCCC/C=C/C(O)C(CO)NC(=O)CCCCCCCCCCCCCCCCCCCCCCCCCCCCCCOC(=O)CCCCCCCCCCCCC. The lowest BCUT2D eigenvalue weighted by Gasteiger charge is -2.20. The second kappa shape index (κ2) is 61.1. The number of hydrogen-bond acceptors (Lipinski definition) is 5. The van der Waals surface area contributed by atoms with Gasteiger partial charge < -0.3 is 20.3 Å². The molecule has 0 aliphatic heterocycles. The number of esters is 1. The first-order valence-electron chi connectivity index (χ1n) is 32.5. The van der Waals surface area contributed by atoms with Crippen LogP contribution in [0.25, 0.3) is 0 Å². The summed E-state index contributed by atoms with van der Waals surface area (Å²) in [5.41, 5.74) is 0. The first kappa shape index (κ1) is 69.6. The molecule has 6 nitrogen and oxygen atoms in total. The maximum Gasteiger partial charge on any atom is 0.305 e. The summed E-state index contributed by atoms with van der Waals surface area (Å²) < 4.78 is 5.47. The largest absolute Gasteiger partial charge is 0.466 e. The van der Waals surface area contributed by atoms with Crippen LogP contribution >= 0.6 is 0 Å². The van der Waals surface area contributed by atoms with Gasteiger partial charge in [0, 0.05) is 12.8 Å². The van der Waals surface area contributed by atoms with Gasteiger partial charge in [-0.3, -0.25) is 9.59 Å². The molecule has 3 N–H and O–H groups in total. The van der Waals surface area contributed by atoms with Gasteiger partial charge in [0.15, 0.2) is 0 Å². The first-order valence-corrected chi connectivity index (χ1v) is 32.5. The van der Waals surface area contributed by atoms with Gasteiger partial charge in [-0.25, -0.2) is 0 Å². The Labute approximate surface area is 444 Å². The molecule has 0 saturated carbocycles. The number of unbranched alkanes of at least 4 members (excludes halogenated alkanes) is 50. The van der Waals surface area contributed by atoms with Crippen molar-refractivity contribution < 1.29 is 24.5 Å². The average Bonchev–Trinajstić information content (AvgIpc) is 3.37. The molecule has 0 aromatic carbocycles. The number of hydrogen-bond donors (Lipinski definition) is 3. The topological polar surface area (TPSA) is 95.9 Å². The molecule has 0 radical (unpaired) electrons. The van der Waals surface area contributed by atoms with Crippen molar-refractivity contribution in [2.75, 3.05) is 13.2 Å². The lowest BCUT2D eigenvalue weighted by molar-refractivity contribution is -0.143. The van der Waals surface area contributed by atoms with Crippen LogP contribution in [0.5, 0.6) is 0 Å². The molecule has 0 bridgehead atoms. The van der Waals surface area contributed by atoms with E-state index in [9.17, 15) is 19.8 Å². The molecular weight excluding hydrogens is 875 g/mol. The van der Waals surface area contributed by atoms with Crippen LogP contribution in [-0.2, 0) is 14.3 Å². The monoisotopic (exact) mass is 1000 g/mol. The molecule has 2 unspecified atom stereocenters. The molecule has 0 fully saturated rings. The molecule has 0 aromatic heterocycles. The molecule has 0 aliphatic rings. The maximum atomic E-state index is 12.5. The lowest BCUT2D eigenvalue weighted by atomic mass is 10.0. The molecule has 0 aliphatic carbocycles. The zero-order valence-corrected chi connectivity index (χ0v) is 48.2. The zero-order chi connectivity index (χ0) is 51.4. The fourth-order valence-electron chi connectivity index (χ4n) is 10.3. The van der Waals surface area contributed by atoms with Crippen molar-refractivity contribution in [3.8, 4) is 0 Å². The summed E-state index contributed by atoms with van der Waals surface area (Å²) >= 11 is 0. The summed E-state index contributed by atoms with van der Waals surface area (Å²) in [6.07, 6.45) is 74.1. The summed E-state index contributed by atoms with van der Waals surface area (Å²) in [6.45, 7) is 4.93. The fourth-order valence-corrected chi connectivity index (χ4v) is 10.3. The van der Waals surface area contributed by atoms with Crippen LogP contribution in [0, 0.1) is 0 Å². The van der Waals surface area contributed by atoms with E-state index in [1.165, 1.54) is 302 Å². The Kier molecular flexibility index (Phi) is 59.9. The quantitative estimate of drug-likeness (QED) is 0.0320. The Hall–Kier alpha value is -1.40. The Morgan fingerprint density at radius 1 is 0.380 bits per heavy atom. The number of carbonyl (C=O) groups excluding carboxylic acids is 2. The Morgan fingerprint density at radius 3 is 0.958 bits per heavy atom. The van der Waals surface area contributed by atoms with Gasteiger partial charge in [0.1, 0.15) is 0 Å². The molecule has 0 aromatic rings. The predicted octanol–water partition coefficient (Wildman–Crippen LogP) is 20.4. The number of ether oxygens (including phenoxy) is 1. The van der Waals surface area contributed by atoms with Gasteiger partial charge in [-0.1, -0.05) is 334 Å². The van der Waals surface area contributed by atoms with Crippen molar-refractivity contribution in [3.63, 3.8) is 0 Å². The van der Waals surface area contributed by atoms with E-state index in [1.807, 2.05) is 6.08 Å². The Bertz CT molecular complexity index is 1060. The molecule has 6 heteroatoms. The summed E-state index contributed by atoms with van der Waals surface area (Å²) in [5, 5.41) is 23.1. The van der Waals surface area contributed by atoms with Crippen LogP contribution in [-0.4, -0.2) is 47.4 Å². The van der Waals surface area contributed by atoms with Crippen LogP contribution in [0.2, 0.25) is 0 Å². The summed E-state index contributed by atoms with van der Waals surface area (Å²) in [4.78, 5) is 24.5. The molecule has 422 valence electrons. The van der Waals surface area contributed by atoms with Gasteiger partial charge in [0.25, 0.3) is 0 Å². The van der Waals surface area contributed by atoms with Gasteiger partial charge >= 0.3 is 5.97 Å². The third-order valence-corrected chi connectivity index (χ3v) is 15.3. The summed E-state index contributed by atoms with van der Waals surface area (Å²) in [5.74, 6) is -0.0436. The van der Waals surface area contributed by atoms with Gasteiger partial charge in [0.2, 0.25) is 5.91 Å². The molecule has 0 heterocycles. The highest BCUT2D eigenvalue weighted by Gasteiger charge is 2.18. The Morgan fingerprint density at radius 2 is 0.648 bits per heavy atom. The molecule has 2 atom stereocenters. The number of carbonyl (C=O) groups is 2. The highest BCUT2D eigenvalue weighted by atomic mass is 16.5. The van der Waals surface area contributed by atoms with Crippen molar-refractivity contribution in [3.05, 3.63) is 12.2 Å². The highest BCUT2D eigenvalue weighted by Crippen LogP contribution is 2.18. The van der Waals surface area contributed by atoms with Crippen LogP contribution < -0.4 is 5.32 Å². The van der Waals surface area contributed by atoms with Crippen LogP contribution in [0.1, 0.15) is 367 Å². The van der Waals surface area contributed by atoms with E-state index in [0.29, 0.717) is 19.4 Å². The standard InChI is InChI=1S/C65H127NO5/c1-3-5-7-9-11-13-15-16-31-34-38-41-45-49-53-57-63(68)62(61-67)66-64(69)58-54-50-46-42-39-35-32-29-27-25-23-21-19-17-18-20-22-24-26-28-30-33-36-40-44-48-52-56-60-71-65(70)59-55-51-47-43-37-14-12-10-8-6-4-2/h53,57,62-63,67-68H,3-52,54-56,58-61H2,1-2H3,(H,66,69)/b57-53+. The third-order valence-electron chi connectivity index (χ3n) is 15.3. The minimum Gasteiger partial charge on any atom is -0.466 e. The predicted molar refractivity (Wildman–Crippen MR) is 310 cm³/mol. The van der Waals surface area contributed by atoms with Gasteiger partial charge in [-0.15, -0.1) is 0 Å². The normalized spacial score (nSPS) is 12.6. The van der Waals surface area contributed by atoms with E-state index >= 15 is 0 Å². The Balaban J connectivity index is 3.35. The van der Waals surface area contributed by atoms with Crippen molar-refractivity contribution in [1.82, 2.24) is 5.32 Å². The minimum absolute atomic E-state index is 0.0187. The molecule has 0 rings (SSSR count). The third kappa shape index (κ3) is 57.7. The van der Waals surface area contributed by atoms with Gasteiger partial charge in [-0.05, 0) is 32.1 Å². The summed E-state index contributed by atoms with van der Waals surface area (Å²) in [7, 11) is 0. The molecule has 71 heavy (non-hydrogen) atoms. The molecular formula is C65H127NO5. The number of aliphatic hydroxyl groups is 2. The number of amides is 1. The van der Waals surface area contributed by atoms with E-state index in [0.717, 1.165) is 38.5 Å². The maximum absolute atomic E-state index is 12.5. The van der Waals surface area contributed by atoms with Crippen molar-refractivity contribution >= 4 is 11.9 Å². The minimum atomic E-state index is -0.841. The van der Waals surface area contributed by atoms with Crippen LogP contribution in [0.3, 0.4) is 0 Å². The lowest BCUT2D eigenvalue weighted by Crippen LogP contribution is -2.45.